The van der Waals surface area contributed by atoms with E-state index in [0.29, 0.717) is 28.8 Å². The number of fused-ring (bicyclic) bond motifs is 1. The number of amides is 1. The Kier molecular flexibility index (Phi) is 6.27. The second kappa shape index (κ2) is 9.46. The Morgan fingerprint density at radius 2 is 2.06 bits per heavy atom. The summed E-state index contributed by atoms with van der Waals surface area (Å²) in [6.07, 6.45) is 0. The molecule has 1 atom stereocenters. The van der Waals surface area contributed by atoms with Crippen LogP contribution in [0.2, 0.25) is 0 Å². The molecule has 1 aliphatic heterocycles. The number of H-pyrrole nitrogens is 1. The lowest BCUT2D eigenvalue weighted by Crippen LogP contribution is -2.21. The largest absolute Gasteiger partial charge is 0.497 e. The van der Waals surface area contributed by atoms with Gasteiger partial charge in [0, 0.05) is 23.0 Å². The topological polar surface area (TPSA) is 145 Å². The lowest BCUT2D eigenvalue weighted by Gasteiger charge is -2.24. The number of nitriles is 1. The van der Waals surface area contributed by atoms with Crippen molar-refractivity contribution in [1.29, 1.82) is 5.26 Å². The number of hydrogen-bond donors (Lipinski definition) is 3. The molecule has 1 aromatic heterocycles. The molecule has 0 fully saturated rings. The van der Waals surface area contributed by atoms with Gasteiger partial charge in [-0.3, -0.25) is 9.89 Å². The van der Waals surface area contributed by atoms with Gasteiger partial charge in [0.05, 0.1) is 20.1 Å². The predicted molar refractivity (Wildman–Crippen MR) is 123 cm³/mol. The molecule has 10 nitrogen and oxygen atoms in total. The van der Waals surface area contributed by atoms with E-state index >= 15 is 0 Å². The molecule has 174 valence electrons. The summed E-state index contributed by atoms with van der Waals surface area (Å²) in [4.78, 5) is 12.4. The molecule has 2 heterocycles. The maximum atomic E-state index is 12.4. The molecule has 0 saturated carbocycles. The number of nitrogens with one attached hydrogen (secondary N) is 2. The number of aromatic nitrogens is 2. The third kappa shape index (κ3) is 4.31. The minimum Gasteiger partial charge on any atom is -0.497 e. The van der Waals surface area contributed by atoms with Gasteiger partial charge in [-0.2, -0.15) is 5.26 Å². The molecule has 0 radical (unpaired) electrons. The maximum Gasteiger partial charge on any atom is 0.262 e. The average molecular weight is 461 g/mol. The molecule has 4 N–H and O–H groups in total. The van der Waals surface area contributed by atoms with Gasteiger partial charge < -0.3 is 30.0 Å². The highest BCUT2D eigenvalue weighted by molar-refractivity contribution is 5.92. The first-order valence-corrected chi connectivity index (χ1v) is 10.3. The summed E-state index contributed by atoms with van der Waals surface area (Å²) in [6, 6.07) is 14.4. The number of methoxy groups -OCH3 is 2. The zero-order valence-electron chi connectivity index (χ0n) is 18.8. The van der Waals surface area contributed by atoms with Gasteiger partial charge in [0.2, 0.25) is 11.8 Å². The van der Waals surface area contributed by atoms with Crippen LogP contribution in [-0.2, 0) is 4.79 Å². The highest BCUT2D eigenvalue weighted by atomic mass is 16.5. The highest BCUT2D eigenvalue weighted by Gasteiger charge is 2.34. The van der Waals surface area contributed by atoms with Gasteiger partial charge in [-0.05, 0) is 36.8 Å². The van der Waals surface area contributed by atoms with Crippen molar-refractivity contribution in [2.45, 2.75) is 12.8 Å². The summed E-state index contributed by atoms with van der Waals surface area (Å²) in [6.45, 7) is 1.61. The van der Waals surface area contributed by atoms with E-state index in [2.05, 4.69) is 21.6 Å². The molecular formula is C24H23N5O5. The standard InChI is InChI=1S/C24H23N5O5/c1-13-21-22(17(11-25)23(26)34-24(21)29-28-13)14-7-8-18(19(9-14)32-3)33-12-20(30)27-15-5-4-6-16(10-15)31-2/h4-10,22H,12,26H2,1-3H3,(H,27,30)(H,28,29). The summed E-state index contributed by atoms with van der Waals surface area (Å²) in [5.74, 6) is 0.895. The van der Waals surface area contributed by atoms with Crippen molar-refractivity contribution >= 4 is 11.6 Å². The fraction of sp³-hybridized carbons (Fsp3) is 0.208. The number of rotatable bonds is 7. The smallest absolute Gasteiger partial charge is 0.262 e. The van der Waals surface area contributed by atoms with Crippen LogP contribution >= 0.6 is 0 Å². The minimum atomic E-state index is -0.494. The Hall–Kier alpha value is -4.65. The fourth-order valence-corrected chi connectivity index (χ4v) is 3.76. The molecule has 0 aliphatic carbocycles. The fourth-order valence-electron chi connectivity index (χ4n) is 3.76. The van der Waals surface area contributed by atoms with E-state index < -0.39 is 5.92 Å². The average Bonchev–Trinajstić information content (AvgIpc) is 3.21. The van der Waals surface area contributed by atoms with Crippen LogP contribution in [0.5, 0.6) is 23.1 Å². The zero-order valence-corrected chi connectivity index (χ0v) is 18.8. The van der Waals surface area contributed by atoms with Crippen molar-refractivity contribution in [2.75, 3.05) is 26.1 Å². The molecule has 3 aromatic rings. The van der Waals surface area contributed by atoms with Crippen molar-refractivity contribution in [2.24, 2.45) is 5.73 Å². The molecule has 34 heavy (non-hydrogen) atoms. The van der Waals surface area contributed by atoms with Crippen molar-refractivity contribution in [3.05, 3.63) is 70.7 Å². The predicted octanol–water partition coefficient (Wildman–Crippen LogP) is 2.97. The van der Waals surface area contributed by atoms with Crippen LogP contribution in [-0.4, -0.2) is 36.9 Å². The summed E-state index contributed by atoms with van der Waals surface area (Å²) < 4.78 is 21.9. The van der Waals surface area contributed by atoms with Gasteiger partial charge >= 0.3 is 0 Å². The lowest BCUT2D eigenvalue weighted by atomic mass is 9.84. The summed E-state index contributed by atoms with van der Waals surface area (Å²) in [5.41, 5.74) is 9.05. The molecular weight excluding hydrogens is 438 g/mol. The zero-order chi connectivity index (χ0) is 24.2. The molecule has 1 unspecified atom stereocenters. The molecule has 0 spiro atoms. The van der Waals surface area contributed by atoms with E-state index in [9.17, 15) is 10.1 Å². The van der Waals surface area contributed by atoms with Gasteiger partial charge in [0.15, 0.2) is 18.1 Å². The van der Waals surface area contributed by atoms with Crippen LogP contribution in [0.15, 0.2) is 53.9 Å². The number of aromatic amines is 1. The molecule has 0 bridgehead atoms. The molecule has 1 amide bonds. The van der Waals surface area contributed by atoms with Gasteiger partial charge in [0.1, 0.15) is 17.4 Å². The summed E-state index contributed by atoms with van der Waals surface area (Å²) in [5, 5.41) is 19.5. The maximum absolute atomic E-state index is 12.4. The van der Waals surface area contributed by atoms with E-state index in [1.54, 1.807) is 49.6 Å². The quantitative estimate of drug-likeness (QED) is 0.487. The van der Waals surface area contributed by atoms with E-state index in [4.69, 9.17) is 24.7 Å². The number of allylic oxidation sites excluding steroid dienone is 1. The number of ether oxygens (including phenoxy) is 4. The Bertz CT molecular complexity index is 1310. The lowest BCUT2D eigenvalue weighted by molar-refractivity contribution is -0.118. The molecule has 0 saturated heterocycles. The number of carbonyl (C=O) groups is 1. The van der Waals surface area contributed by atoms with Crippen molar-refractivity contribution in [3.8, 4) is 29.2 Å². The number of aryl methyl sites for hydroxylation is 1. The first-order valence-electron chi connectivity index (χ1n) is 10.3. The van der Waals surface area contributed by atoms with Gasteiger partial charge in [-0.15, -0.1) is 5.10 Å². The SMILES string of the molecule is COc1cccc(NC(=O)COc2ccc(C3C(C#N)=C(N)Oc4n[nH]c(C)c43)cc2OC)c1. The molecule has 2 aromatic carbocycles. The van der Waals surface area contributed by atoms with E-state index in [1.807, 2.05) is 6.92 Å². The van der Waals surface area contributed by atoms with Crippen LogP contribution < -0.4 is 30.0 Å². The Balaban J connectivity index is 1.55. The third-order valence-corrected chi connectivity index (χ3v) is 5.36. The Morgan fingerprint density at radius 3 is 2.79 bits per heavy atom. The summed E-state index contributed by atoms with van der Waals surface area (Å²) >= 11 is 0. The van der Waals surface area contributed by atoms with Crippen LogP contribution in [0.25, 0.3) is 0 Å². The Labute approximate surface area is 195 Å². The van der Waals surface area contributed by atoms with Crippen molar-refractivity contribution in [1.82, 2.24) is 10.2 Å². The normalized spacial score (nSPS) is 14.5. The second-order valence-corrected chi connectivity index (χ2v) is 7.47. The number of nitrogens with two attached hydrogens (primary N) is 1. The van der Waals surface area contributed by atoms with Gasteiger partial charge in [0.25, 0.3) is 5.91 Å². The first-order chi connectivity index (χ1) is 16.4. The number of nitrogens with zero attached hydrogens (tertiary/aromatic N) is 2. The van der Waals surface area contributed by atoms with Crippen molar-refractivity contribution < 1.29 is 23.7 Å². The van der Waals surface area contributed by atoms with Crippen molar-refractivity contribution in [3.63, 3.8) is 0 Å². The molecule has 1 aliphatic rings. The number of benzene rings is 2. The van der Waals surface area contributed by atoms with Crippen LogP contribution in [0.4, 0.5) is 5.69 Å². The van der Waals surface area contributed by atoms with E-state index in [-0.39, 0.29) is 24.0 Å². The highest BCUT2D eigenvalue weighted by Crippen LogP contribution is 2.44. The third-order valence-electron chi connectivity index (χ3n) is 5.36. The van der Waals surface area contributed by atoms with Crippen LogP contribution in [0, 0.1) is 18.3 Å². The van der Waals surface area contributed by atoms with E-state index in [1.165, 1.54) is 7.11 Å². The number of anilines is 1. The molecule has 4 rings (SSSR count). The molecule has 10 heteroatoms. The monoisotopic (exact) mass is 461 g/mol. The van der Waals surface area contributed by atoms with Crippen LogP contribution in [0.3, 0.4) is 0 Å². The van der Waals surface area contributed by atoms with E-state index in [0.717, 1.165) is 16.8 Å². The minimum absolute atomic E-state index is 0.00000639. The summed E-state index contributed by atoms with van der Waals surface area (Å²) in [7, 11) is 3.05. The van der Waals surface area contributed by atoms with Crippen LogP contribution in [0.1, 0.15) is 22.7 Å². The second-order valence-electron chi connectivity index (χ2n) is 7.47. The first kappa shape index (κ1) is 22.5. The van der Waals surface area contributed by atoms with Gasteiger partial charge in [-0.1, -0.05) is 12.1 Å². The number of hydrogen-bond acceptors (Lipinski definition) is 8. The Morgan fingerprint density at radius 1 is 1.24 bits per heavy atom. The number of carbonyl (C=O) groups excluding carboxylic acids is 1. The van der Waals surface area contributed by atoms with Gasteiger partial charge in [-0.25, -0.2) is 0 Å².